The van der Waals surface area contributed by atoms with Crippen LogP contribution in [0.1, 0.15) is 117 Å². The number of benzene rings is 2. The molecule has 2 aromatic carbocycles. The van der Waals surface area contributed by atoms with Crippen molar-refractivity contribution in [2.45, 2.75) is 113 Å². The average molecular weight is 887 g/mol. The third-order valence-electron chi connectivity index (χ3n) is 15.1. The van der Waals surface area contributed by atoms with Gasteiger partial charge in [0.05, 0.1) is 28.8 Å². The van der Waals surface area contributed by atoms with Crippen molar-refractivity contribution in [1.29, 1.82) is 0 Å². The van der Waals surface area contributed by atoms with Gasteiger partial charge >= 0.3 is 5.69 Å². The number of hydrogen-bond donors (Lipinski definition) is 3. The van der Waals surface area contributed by atoms with Crippen molar-refractivity contribution in [2.75, 3.05) is 36.5 Å². The zero-order valence-electron chi connectivity index (χ0n) is 35.8. The van der Waals surface area contributed by atoms with E-state index < -0.39 is 31.6 Å². The summed E-state index contributed by atoms with van der Waals surface area (Å²) < 4.78 is 42.1. The maximum absolute atomic E-state index is 14.1. The molecule has 6 aliphatic rings. The van der Waals surface area contributed by atoms with E-state index in [1.54, 1.807) is 41.7 Å². The predicted molar refractivity (Wildman–Crippen MR) is 242 cm³/mol. The number of pyridine rings is 2. The number of rotatable bonds is 11. The molecule has 0 radical (unpaired) electrons. The van der Waals surface area contributed by atoms with Gasteiger partial charge in [-0.2, -0.15) is 13.4 Å². The summed E-state index contributed by atoms with van der Waals surface area (Å²) in [4.78, 5) is 42.5. The maximum atomic E-state index is 14.1. The van der Waals surface area contributed by atoms with E-state index in [9.17, 15) is 23.3 Å². The summed E-state index contributed by atoms with van der Waals surface area (Å²) in [7, 11) is -4.72. The normalized spacial score (nSPS) is 22.7. The summed E-state index contributed by atoms with van der Waals surface area (Å²) in [6.45, 7) is 3.06. The molecule has 5 aromatic rings. The molecule has 3 aromatic heterocycles. The number of piperidine rings is 1. The highest BCUT2D eigenvalue weighted by atomic mass is 32.2. The Labute approximate surface area is 372 Å². The van der Waals surface area contributed by atoms with E-state index in [4.69, 9.17) is 9.47 Å². The first-order chi connectivity index (χ1) is 31.1. The van der Waals surface area contributed by atoms with E-state index in [0.29, 0.717) is 28.9 Å². The van der Waals surface area contributed by atoms with Crippen molar-refractivity contribution in [3.8, 4) is 17.4 Å². The van der Waals surface area contributed by atoms with Gasteiger partial charge in [-0.05, 0) is 123 Å². The van der Waals surface area contributed by atoms with Gasteiger partial charge in [0, 0.05) is 48.5 Å². The first-order valence-electron chi connectivity index (χ1n) is 23.1. The van der Waals surface area contributed by atoms with Crippen molar-refractivity contribution >= 4 is 44.0 Å². The van der Waals surface area contributed by atoms with Gasteiger partial charge in [-0.25, -0.2) is 9.71 Å². The Hall–Kier alpha value is -5.74. The Morgan fingerprint density at radius 3 is 2.52 bits per heavy atom. The van der Waals surface area contributed by atoms with Gasteiger partial charge in [-0.15, -0.1) is 0 Å². The molecule has 1 spiro atoms. The summed E-state index contributed by atoms with van der Waals surface area (Å²) in [5.41, 5.74) is 4.49. The lowest BCUT2D eigenvalue weighted by molar-refractivity contribution is -0.384. The molecule has 3 aliphatic heterocycles. The van der Waals surface area contributed by atoms with Crippen LogP contribution in [0, 0.1) is 21.4 Å². The van der Waals surface area contributed by atoms with Crippen LogP contribution in [0.3, 0.4) is 0 Å². The molecule has 11 rings (SSSR count). The fourth-order valence-electron chi connectivity index (χ4n) is 11.5. The molecular weight excluding hydrogens is 833 g/mol. The van der Waals surface area contributed by atoms with Crippen LogP contribution in [0.15, 0.2) is 78.1 Å². The highest BCUT2D eigenvalue weighted by Gasteiger charge is 2.50. The van der Waals surface area contributed by atoms with Gasteiger partial charge in [-0.3, -0.25) is 19.8 Å². The number of nitrogens with zero attached hydrogens (tertiary/aromatic N) is 5. The molecule has 3 N–H and O–H groups in total. The third-order valence-corrected chi connectivity index (χ3v) is 16.3. The molecular formula is C48H54N8O7S. The van der Waals surface area contributed by atoms with Gasteiger partial charge in [0.2, 0.25) is 5.88 Å². The van der Waals surface area contributed by atoms with E-state index >= 15 is 0 Å². The number of fused-ring (bicyclic) bond motifs is 2. The molecule has 0 unspecified atom stereocenters. The summed E-state index contributed by atoms with van der Waals surface area (Å²) in [5, 5.41) is 15.6. The topological polar surface area (TPSA) is 185 Å². The number of amides is 1. The van der Waals surface area contributed by atoms with Gasteiger partial charge in [0.15, 0.2) is 10.7 Å². The van der Waals surface area contributed by atoms with E-state index in [1.165, 1.54) is 45.1 Å². The molecule has 1 amide bonds. The van der Waals surface area contributed by atoms with E-state index in [-0.39, 0.29) is 41.4 Å². The van der Waals surface area contributed by atoms with Crippen LogP contribution >= 0.6 is 0 Å². The number of anilines is 2. The van der Waals surface area contributed by atoms with Crippen molar-refractivity contribution in [1.82, 2.24) is 24.6 Å². The Morgan fingerprint density at radius 1 is 0.938 bits per heavy atom. The number of carbonyl (C=O) groups is 1. The lowest BCUT2D eigenvalue weighted by Gasteiger charge is -2.56. The quantitative estimate of drug-likeness (QED) is 0.0846. The highest BCUT2D eigenvalue weighted by Crippen LogP contribution is 2.55. The number of sulfonamides is 1. The number of likely N-dealkylation sites (tertiary alicyclic amines) is 1. The lowest BCUT2D eigenvalue weighted by atomic mass is 9.59. The second kappa shape index (κ2) is 16.4. The smallest absolute Gasteiger partial charge is 0.300 e. The summed E-state index contributed by atoms with van der Waals surface area (Å²) in [5.74, 6) is 0.363. The SMILES string of the molecule is O=C(NS(=O)(=O)c1cc([N+](=O)[O-])c2c(n1)OC[C@H](C1CCCCC1)N2)c1ccc(N2CCC3(CC2)CC(N2CCC[C@H]2c2ccccc2C2CC2)C3)cc1Oc1cnc2[nH]ccc2c1. The number of nitro groups is 1. The van der Waals surface area contributed by atoms with Crippen molar-refractivity contribution in [2.24, 2.45) is 11.3 Å². The minimum atomic E-state index is -4.72. The van der Waals surface area contributed by atoms with E-state index in [2.05, 4.69) is 59.1 Å². The average Bonchev–Trinajstić information content (AvgIpc) is 3.84. The number of aromatic amines is 1. The van der Waals surface area contributed by atoms with Crippen molar-refractivity contribution in [3.05, 3.63) is 99.9 Å². The lowest BCUT2D eigenvalue weighted by Crippen LogP contribution is -2.54. The van der Waals surface area contributed by atoms with Crippen LogP contribution in [0.4, 0.5) is 17.1 Å². The molecule has 2 saturated heterocycles. The number of H-pyrrole nitrogens is 1. The van der Waals surface area contributed by atoms with Crippen LogP contribution < -0.4 is 24.4 Å². The molecule has 5 fully saturated rings. The summed E-state index contributed by atoms with van der Waals surface area (Å²) >= 11 is 0. The second-order valence-corrected chi connectivity index (χ2v) is 20.7. The molecule has 6 heterocycles. The fourth-order valence-corrected chi connectivity index (χ4v) is 12.4. The van der Waals surface area contributed by atoms with Crippen LogP contribution in [-0.2, 0) is 10.0 Å². The largest absolute Gasteiger partial charge is 0.474 e. The van der Waals surface area contributed by atoms with Crippen LogP contribution in [0.2, 0.25) is 0 Å². The number of hydrogen-bond acceptors (Lipinski definition) is 12. The van der Waals surface area contributed by atoms with Crippen LogP contribution in [0.5, 0.6) is 17.4 Å². The summed E-state index contributed by atoms with van der Waals surface area (Å²) in [6.07, 6.45) is 18.3. The van der Waals surface area contributed by atoms with Gasteiger partial charge in [0.25, 0.3) is 15.9 Å². The molecule has 334 valence electrons. The predicted octanol–water partition coefficient (Wildman–Crippen LogP) is 8.99. The van der Waals surface area contributed by atoms with Crippen LogP contribution in [-0.4, -0.2) is 77.4 Å². The molecule has 64 heavy (non-hydrogen) atoms. The minimum Gasteiger partial charge on any atom is -0.474 e. The van der Waals surface area contributed by atoms with Crippen molar-refractivity contribution < 1.29 is 27.6 Å². The van der Waals surface area contributed by atoms with Gasteiger partial charge in [-0.1, -0.05) is 43.5 Å². The second-order valence-electron chi connectivity index (χ2n) is 19.0. The first kappa shape index (κ1) is 41.0. The number of nitrogens with one attached hydrogen (secondary N) is 3. The van der Waals surface area contributed by atoms with Gasteiger partial charge in [0.1, 0.15) is 23.8 Å². The van der Waals surface area contributed by atoms with Crippen molar-refractivity contribution in [3.63, 3.8) is 0 Å². The molecule has 3 saturated carbocycles. The Morgan fingerprint density at radius 2 is 1.73 bits per heavy atom. The van der Waals surface area contributed by atoms with Crippen LogP contribution in [0.25, 0.3) is 11.0 Å². The molecule has 0 bridgehead atoms. The minimum absolute atomic E-state index is 0.0408. The zero-order chi connectivity index (χ0) is 43.6. The maximum Gasteiger partial charge on any atom is 0.300 e. The summed E-state index contributed by atoms with van der Waals surface area (Å²) in [6, 6.07) is 19.8. The zero-order valence-corrected chi connectivity index (χ0v) is 36.7. The molecule has 16 heteroatoms. The Kier molecular flexibility index (Phi) is 10.5. The third kappa shape index (κ3) is 7.82. The molecule has 15 nitrogen and oxygen atoms in total. The van der Waals surface area contributed by atoms with E-state index in [1.807, 2.05) is 12.1 Å². The molecule has 3 aliphatic carbocycles. The van der Waals surface area contributed by atoms with E-state index in [0.717, 1.165) is 81.1 Å². The standard InChI is InChI=1S/C48H54N8O7S/c57-46(53-64(60,61)43-25-41(56(58)59)44-47(52-43)62-29-39(51-44)31-7-2-1-3-8-31)38-15-14-33(24-42(38)63-35-23-32-16-19-49-45(32)50-28-35)54-21-17-48(18-22-54)26-34(27-48)55-20-6-11-40(55)37-10-5-4-9-36(37)30-12-13-30/h4-5,9-10,14-16,19,23-25,28,30-31,34,39-40,51H,1-3,6-8,11-13,17-18,20-22,26-27,29H2,(H,49,50)(H,53,57)/t39-,40+/m1/s1. The fraction of sp³-hybridized carbons (Fsp3) is 0.479. The highest BCUT2D eigenvalue weighted by molar-refractivity contribution is 7.90. The number of carbonyl (C=O) groups excluding carboxylic acids is 1. The molecule has 2 atom stereocenters. The first-order valence-corrected chi connectivity index (χ1v) is 24.6. The number of aromatic nitrogens is 3. The Balaban J connectivity index is 0.807. The monoisotopic (exact) mass is 886 g/mol. The van der Waals surface area contributed by atoms with Gasteiger partial charge < -0.3 is 24.7 Å². The Bertz CT molecular complexity index is 2720. The number of ether oxygens (including phenoxy) is 2.